The summed E-state index contributed by atoms with van der Waals surface area (Å²) in [5.74, 6) is -1.01. The van der Waals surface area contributed by atoms with E-state index in [-0.39, 0.29) is 0 Å². The molecule has 1 fully saturated rings. The molecule has 0 aromatic heterocycles. The SMILES string of the molecule is COC1(OC)NC(=O)NC(=C2CC=CO2)C1(OC)c1ccccc1. The van der Waals surface area contributed by atoms with Gasteiger partial charge in [0.2, 0.25) is 5.60 Å². The maximum absolute atomic E-state index is 12.3. The first-order valence-corrected chi connectivity index (χ1v) is 7.49. The van der Waals surface area contributed by atoms with Crippen molar-refractivity contribution in [3.63, 3.8) is 0 Å². The number of amides is 2. The number of hydrogen-bond donors (Lipinski definition) is 2. The van der Waals surface area contributed by atoms with Gasteiger partial charge < -0.3 is 24.3 Å². The molecule has 1 aromatic rings. The quantitative estimate of drug-likeness (QED) is 0.824. The van der Waals surface area contributed by atoms with E-state index in [9.17, 15) is 4.79 Å². The highest BCUT2D eigenvalue weighted by Crippen LogP contribution is 2.46. The molecule has 2 N–H and O–H groups in total. The van der Waals surface area contributed by atoms with E-state index in [1.54, 1.807) is 6.26 Å². The van der Waals surface area contributed by atoms with Crippen LogP contribution in [0, 0.1) is 0 Å². The minimum Gasteiger partial charge on any atom is -0.467 e. The molecule has 128 valence electrons. The number of carbonyl (C=O) groups is 1. The Hall–Kier alpha value is -2.35. The molecule has 3 rings (SSSR count). The zero-order chi connectivity index (χ0) is 17.2. The molecule has 2 heterocycles. The fourth-order valence-electron chi connectivity index (χ4n) is 3.23. The van der Waals surface area contributed by atoms with Gasteiger partial charge >= 0.3 is 6.03 Å². The van der Waals surface area contributed by atoms with E-state index >= 15 is 0 Å². The smallest absolute Gasteiger partial charge is 0.323 e. The van der Waals surface area contributed by atoms with Crippen LogP contribution in [-0.2, 0) is 24.5 Å². The van der Waals surface area contributed by atoms with Crippen LogP contribution < -0.4 is 10.6 Å². The van der Waals surface area contributed by atoms with Crippen LogP contribution in [0.3, 0.4) is 0 Å². The number of urea groups is 1. The molecular weight excluding hydrogens is 312 g/mol. The van der Waals surface area contributed by atoms with Crippen molar-refractivity contribution in [2.45, 2.75) is 17.9 Å². The van der Waals surface area contributed by atoms with Gasteiger partial charge in [-0.25, -0.2) is 4.79 Å². The van der Waals surface area contributed by atoms with Crippen molar-refractivity contribution in [2.24, 2.45) is 0 Å². The van der Waals surface area contributed by atoms with Crippen molar-refractivity contribution in [2.75, 3.05) is 21.3 Å². The first-order valence-electron chi connectivity index (χ1n) is 7.49. The van der Waals surface area contributed by atoms with Gasteiger partial charge in [-0.05, 0) is 11.6 Å². The summed E-state index contributed by atoms with van der Waals surface area (Å²) >= 11 is 0. The molecule has 1 aromatic carbocycles. The van der Waals surface area contributed by atoms with E-state index in [4.69, 9.17) is 18.9 Å². The van der Waals surface area contributed by atoms with Crippen LogP contribution in [0.15, 0.2) is 54.1 Å². The van der Waals surface area contributed by atoms with Gasteiger partial charge in [-0.1, -0.05) is 30.3 Å². The third-order valence-corrected chi connectivity index (χ3v) is 4.28. The van der Waals surface area contributed by atoms with Crippen LogP contribution >= 0.6 is 0 Å². The number of hydrogen-bond acceptors (Lipinski definition) is 5. The molecule has 1 unspecified atom stereocenters. The Morgan fingerprint density at radius 3 is 2.33 bits per heavy atom. The third kappa shape index (κ3) is 2.21. The molecule has 2 amide bonds. The second-order valence-corrected chi connectivity index (χ2v) is 5.35. The van der Waals surface area contributed by atoms with Crippen molar-refractivity contribution < 1.29 is 23.7 Å². The lowest BCUT2D eigenvalue weighted by molar-refractivity contribution is -0.318. The minimum absolute atomic E-state index is 0.439. The number of nitrogens with one attached hydrogen (secondary N) is 2. The largest absolute Gasteiger partial charge is 0.467 e. The van der Waals surface area contributed by atoms with E-state index < -0.39 is 17.5 Å². The molecular formula is C17H20N2O5. The lowest BCUT2D eigenvalue weighted by atomic mass is 9.83. The van der Waals surface area contributed by atoms with Crippen molar-refractivity contribution in [3.05, 3.63) is 59.7 Å². The Labute approximate surface area is 140 Å². The zero-order valence-electron chi connectivity index (χ0n) is 13.8. The molecule has 2 aliphatic heterocycles. The average molecular weight is 332 g/mol. The predicted molar refractivity (Wildman–Crippen MR) is 85.4 cm³/mol. The van der Waals surface area contributed by atoms with Gasteiger partial charge in [-0.2, -0.15) is 0 Å². The Morgan fingerprint density at radius 1 is 1.08 bits per heavy atom. The molecule has 24 heavy (non-hydrogen) atoms. The Balaban J connectivity index is 2.30. The monoisotopic (exact) mass is 332 g/mol. The highest BCUT2D eigenvalue weighted by atomic mass is 16.7. The number of allylic oxidation sites excluding steroid dienone is 1. The van der Waals surface area contributed by atoms with Gasteiger partial charge in [-0.15, -0.1) is 0 Å². The van der Waals surface area contributed by atoms with Gasteiger partial charge in [0.05, 0.1) is 6.26 Å². The fourth-order valence-corrected chi connectivity index (χ4v) is 3.23. The van der Waals surface area contributed by atoms with Gasteiger partial charge in [0.15, 0.2) is 0 Å². The molecule has 0 spiro atoms. The van der Waals surface area contributed by atoms with E-state index in [1.165, 1.54) is 21.3 Å². The van der Waals surface area contributed by atoms with Crippen molar-refractivity contribution in [1.82, 2.24) is 10.6 Å². The minimum atomic E-state index is -1.57. The lowest BCUT2D eigenvalue weighted by Crippen LogP contribution is -2.73. The summed E-state index contributed by atoms with van der Waals surface area (Å²) in [6.07, 6.45) is 3.95. The molecule has 7 nitrogen and oxygen atoms in total. The van der Waals surface area contributed by atoms with Crippen LogP contribution in [0.1, 0.15) is 12.0 Å². The molecule has 0 radical (unpaired) electrons. The molecule has 1 saturated heterocycles. The highest BCUT2D eigenvalue weighted by molar-refractivity contribution is 5.79. The fraction of sp³-hybridized carbons (Fsp3) is 0.353. The number of carbonyl (C=O) groups excluding carboxylic acids is 1. The highest BCUT2D eigenvalue weighted by Gasteiger charge is 2.63. The van der Waals surface area contributed by atoms with Gasteiger partial charge in [0.1, 0.15) is 11.5 Å². The summed E-state index contributed by atoms with van der Waals surface area (Å²) in [7, 11) is 4.42. The number of rotatable bonds is 4. The molecule has 7 heteroatoms. The molecule has 1 atom stereocenters. The van der Waals surface area contributed by atoms with Crippen LogP contribution in [0.25, 0.3) is 0 Å². The Bertz CT molecular complexity index is 671. The van der Waals surface area contributed by atoms with Gasteiger partial charge in [0.25, 0.3) is 5.91 Å². The average Bonchev–Trinajstić information content (AvgIpc) is 3.16. The normalized spacial score (nSPS) is 28.2. The van der Waals surface area contributed by atoms with Gasteiger partial charge in [-0.3, -0.25) is 5.32 Å². The zero-order valence-corrected chi connectivity index (χ0v) is 13.8. The number of ether oxygens (including phenoxy) is 4. The van der Waals surface area contributed by atoms with Crippen LogP contribution in [-0.4, -0.2) is 33.3 Å². The summed E-state index contributed by atoms with van der Waals surface area (Å²) in [5, 5.41) is 5.50. The summed E-state index contributed by atoms with van der Waals surface area (Å²) in [4.78, 5) is 12.3. The molecule has 0 saturated carbocycles. The summed E-state index contributed by atoms with van der Waals surface area (Å²) in [5.41, 5.74) is -0.108. The second-order valence-electron chi connectivity index (χ2n) is 5.35. The first kappa shape index (κ1) is 16.5. The van der Waals surface area contributed by atoms with Crippen molar-refractivity contribution >= 4 is 6.03 Å². The lowest BCUT2D eigenvalue weighted by Gasteiger charge is -2.51. The predicted octanol–water partition coefficient (Wildman–Crippen LogP) is 1.93. The standard InChI is InChI=1S/C17H20N2O5/c1-21-16(12-8-5-4-6-9-12)14(13-10-7-11-24-13)18-15(20)19-17(16,22-2)23-3/h4-9,11H,10H2,1-3H3,(H2,18,19,20). The van der Waals surface area contributed by atoms with E-state index in [0.29, 0.717) is 17.9 Å². The third-order valence-electron chi connectivity index (χ3n) is 4.28. The summed E-state index contributed by atoms with van der Waals surface area (Å²) in [6, 6.07) is 8.91. The van der Waals surface area contributed by atoms with Crippen molar-refractivity contribution in [3.8, 4) is 0 Å². The van der Waals surface area contributed by atoms with E-state index in [0.717, 1.165) is 5.56 Å². The van der Waals surface area contributed by atoms with Crippen LogP contribution in [0.4, 0.5) is 4.79 Å². The Kier molecular flexibility index (Phi) is 4.31. The van der Waals surface area contributed by atoms with Crippen molar-refractivity contribution in [1.29, 1.82) is 0 Å². The number of benzene rings is 1. The summed E-state index contributed by atoms with van der Waals surface area (Å²) in [6.45, 7) is 0. The van der Waals surface area contributed by atoms with E-state index in [1.807, 2.05) is 36.4 Å². The molecule has 0 aliphatic carbocycles. The maximum Gasteiger partial charge on any atom is 0.323 e. The van der Waals surface area contributed by atoms with Gasteiger partial charge in [0, 0.05) is 27.8 Å². The number of methoxy groups -OCH3 is 3. The first-order chi connectivity index (χ1) is 11.6. The van der Waals surface area contributed by atoms with E-state index in [2.05, 4.69) is 10.6 Å². The van der Waals surface area contributed by atoms with Crippen LogP contribution in [0.5, 0.6) is 0 Å². The van der Waals surface area contributed by atoms with Crippen LogP contribution in [0.2, 0.25) is 0 Å². The molecule has 0 bridgehead atoms. The maximum atomic E-state index is 12.3. The second kappa shape index (κ2) is 6.27. The Morgan fingerprint density at radius 2 is 1.79 bits per heavy atom. The topological polar surface area (TPSA) is 78.1 Å². The summed E-state index contributed by atoms with van der Waals surface area (Å²) < 4.78 is 22.8. The molecule has 2 aliphatic rings.